The number of nitrogens with zero attached hydrogens (tertiary/aromatic N) is 1. The summed E-state index contributed by atoms with van der Waals surface area (Å²) in [4.78, 5) is 24.4. The summed E-state index contributed by atoms with van der Waals surface area (Å²) in [5.41, 5.74) is 2.76. The van der Waals surface area contributed by atoms with Gasteiger partial charge >= 0.3 is 5.97 Å². The minimum atomic E-state index is -0.490. The fourth-order valence-corrected chi connectivity index (χ4v) is 2.52. The third kappa shape index (κ3) is 5.41. The van der Waals surface area contributed by atoms with Gasteiger partial charge in [-0.2, -0.15) is 5.26 Å². The number of rotatable bonds is 5. The Morgan fingerprint density at radius 3 is 2.21 bits per heavy atom. The van der Waals surface area contributed by atoms with Crippen LogP contribution < -0.4 is 10.1 Å². The van der Waals surface area contributed by atoms with Crippen LogP contribution >= 0.6 is 0 Å². The number of nitriles is 1. The first-order valence-corrected chi connectivity index (χ1v) is 8.92. The van der Waals surface area contributed by atoms with Crippen LogP contribution in [0.5, 0.6) is 5.75 Å². The summed E-state index contributed by atoms with van der Waals surface area (Å²) in [6.45, 7) is 1.95. The highest BCUT2D eigenvalue weighted by atomic mass is 16.5. The van der Waals surface area contributed by atoms with Crippen LogP contribution in [-0.2, 0) is 4.79 Å². The molecule has 3 rings (SSSR count). The Labute approximate surface area is 168 Å². The normalized spacial score (nSPS) is 10.7. The second-order valence-corrected chi connectivity index (χ2v) is 6.31. The third-order valence-electron chi connectivity index (χ3n) is 4.09. The summed E-state index contributed by atoms with van der Waals surface area (Å²) in [5.74, 6) is -0.571. The molecule has 0 heterocycles. The molecule has 3 aromatic rings. The lowest BCUT2D eigenvalue weighted by Gasteiger charge is -2.06. The van der Waals surface area contributed by atoms with E-state index < -0.39 is 11.9 Å². The van der Waals surface area contributed by atoms with Crippen LogP contribution in [0.1, 0.15) is 21.5 Å². The van der Waals surface area contributed by atoms with Crippen LogP contribution in [0.2, 0.25) is 0 Å². The Balaban J connectivity index is 1.68. The van der Waals surface area contributed by atoms with Gasteiger partial charge in [0, 0.05) is 5.69 Å². The molecule has 3 aromatic carbocycles. The van der Waals surface area contributed by atoms with Gasteiger partial charge in [-0.05, 0) is 55.0 Å². The molecule has 0 aliphatic rings. The van der Waals surface area contributed by atoms with Gasteiger partial charge < -0.3 is 10.1 Å². The van der Waals surface area contributed by atoms with E-state index in [-0.39, 0.29) is 5.57 Å². The molecule has 0 aromatic heterocycles. The van der Waals surface area contributed by atoms with Gasteiger partial charge in [0.1, 0.15) is 17.4 Å². The van der Waals surface area contributed by atoms with Gasteiger partial charge in [0.15, 0.2) is 0 Å². The van der Waals surface area contributed by atoms with Crippen LogP contribution in [0.25, 0.3) is 6.08 Å². The van der Waals surface area contributed by atoms with E-state index in [2.05, 4.69) is 5.32 Å². The second kappa shape index (κ2) is 9.16. The molecule has 0 unspecified atom stereocenters. The van der Waals surface area contributed by atoms with Gasteiger partial charge in [0.25, 0.3) is 5.91 Å². The molecule has 0 saturated carbocycles. The van der Waals surface area contributed by atoms with Crippen LogP contribution in [0.3, 0.4) is 0 Å². The Bertz CT molecular complexity index is 1080. The molecule has 142 valence electrons. The van der Waals surface area contributed by atoms with Crippen molar-refractivity contribution in [3.8, 4) is 11.8 Å². The highest BCUT2D eigenvalue weighted by Gasteiger charge is 2.10. The Morgan fingerprint density at radius 2 is 1.59 bits per heavy atom. The topological polar surface area (TPSA) is 79.2 Å². The second-order valence-electron chi connectivity index (χ2n) is 6.31. The van der Waals surface area contributed by atoms with Crippen molar-refractivity contribution in [2.24, 2.45) is 0 Å². The monoisotopic (exact) mass is 382 g/mol. The number of benzene rings is 3. The van der Waals surface area contributed by atoms with E-state index in [0.717, 1.165) is 5.56 Å². The molecule has 0 spiro atoms. The van der Waals surface area contributed by atoms with Gasteiger partial charge in [0.2, 0.25) is 0 Å². The van der Waals surface area contributed by atoms with Gasteiger partial charge in [-0.25, -0.2) is 4.79 Å². The van der Waals surface area contributed by atoms with Crippen molar-refractivity contribution in [1.29, 1.82) is 5.26 Å². The van der Waals surface area contributed by atoms with Crippen molar-refractivity contribution in [3.63, 3.8) is 0 Å². The zero-order valence-corrected chi connectivity index (χ0v) is 15.8. The number of ether oxygens (including phenoxy) is 1. The van der Waals surface area contributed by atoms with Crippen LogP contribution in [0.15, 0.2) is 84.4 Å². The largest absolute Gasteiger partial charge is 0.423 e. The zero-order chi connectivity index (χ0) is 20.6. The zero-order valence-electron chi connectivity index (χ0n) is 15.8. The summed E-state index contributed by atoms with van der Waals surface area (Å²) in [5, 5.41) is 12.0. The number of nitrogens with one attached hydrogen (secondary N) is 1. The predicted molar refractivity (Wildman–Crippen MR) is 111 cm³/mol. The number of aryl methyl sites for hydroxylation is 1. The molecule has 5 heteroatoms. The first-order valence-electron chi connectivity index (χ1n) is 8.92. The fraction of sp³-hybridized carbons (Fsp3) is 0.0417. The molecular formula is C24H18N2O3. The van der Waals surface area contributed by atoms with E-state index in [1.165, 1.54) is 6.08 Å². The minimum absolute atomic E-state index is 0.0281. The van der Waals surface area contributed by atoms with Gasteiger partial charge in [-0.15, -0.1) is 0 Å². The number of hydrogen-bond donors (Lipinski definition) is 1. The molecule has 0 radical (unpaired) electrons. The maximum Gasteiger partial charge on any atom is 0.343 e. The number of hydrogen-bond acceptors (Lipinski definition) is 4. The number of carbonyl (C=O) groups excluding carboxylic acids is 2. The molecule has 0 saturated heterocycles. The Morgan fingerprint density at radius 1 is 0.931 bits per heavy atom. The summed E-state index contributed by atoms with van der Waals surface area (Å²) >= 11 is 0. The summed E-state index contributed by atoms with van der Waals surface area (Å²) in [6.07, 6.45) is 1.48. The SMILES string of the molecule is Cc1ccc(NC(=O)/C(C#N)=C/c2ccc(OC(=O)c3ccccc3)cc2)cc1. The molecule has 0 bridgehead atoms. The van der Waals surface area contributed by atoms with E-state index in [1.54, 1.807) is 60.7 Å². The smallest absolute Gasteiger partial charge is 0.343 e. The van der Waals surface area contributed by atoms with Crippen molar-refractivity contribution >= 4 is 23.6 Å². The van der Waals surface area contributed by atoms with Crippen molar-refractivity contribution in [1.82, 2.24) is 0 Å². The van der Waals surface area contributed by atoms with E-state index in [1.807, 2.05) is 31.2 Å². The third-order valence-corrected chi connectivity index (χ3v) is 4.09. The lowest BCUT2D eigenvalue weighted by molar-refractivity contribution is -0.112. The van der Waals surface area contributed by atoms with Crippen molar-refractivity contribution in [2.45, 2.75) is 6.92 Å². The summed E-state index contributed by atoms with van der Waals surface area (Å²) in [6, 6.07) is 24.5. The Hall–Kier alpha value is -4.17. The highest BCUT2D eigenvalue weighted by molar-refractivity contribution is 6.09. The number of amides is 1. The lowest BCUT2D eigenvalue weighted by Crippen LogP contribution is -2.13. The van der Waals surface area contributed by atoms with Crippen LogP contribution in [-0.4, -0.2) is 11.9 Å². The van der Waals surface area contributed by atoms with Gasteiger partial charge in [-0.3, -0.25) is 4.79 Å². The number of anilines is 1. The first kappa shape index (κ1) is 19.6. The molecule has 0 atom stereocenters. The summed E-state index contributed by atoms with van der Waals surface area (Å²) in [7, 11) is 0. The van der Waals surface area contributed by atoms with Crippen molar-refractivity contribution in [2.75, 3.05) is 5.32 Å². The molecule has 0 aliphatic heterocycles. The van der Waals surface area contributed by atoms with Crippen LogP contribution in [0.4, 0.5) is 5.69 Å². The van der Waals surface area contributed by atoms with Gasteiger partial charge in [0.05, 0.1) is 5.56 Å². The minimum Gasteiger partial charge on any atom is -0.423 e. The molecule has 0 aliphatic carbocycles. The lowest BCUT2D eigenvalue weighted by atomic mass is 10.1. The molecule has 29 heavy (non-hydrogen) atoms. The number of esters is 1. The molecule has 1 amide bonds. The fourth-order valence-electron chi connectivity index (χ4n) is 2.52. The molecular weight excluding hydrogens is 364 g/mol. The van der Waals surface area contributed by atoms with Crippen molar-refractivity contribution in [3.05, 3.63) is 101 Å². The first-order chi connectivity index (χ1) is 14.0. The van der Waals surface area contributed by atoms with E-state index >= 15 is 0 Å². The predicted octanol–water partition coefficient (Wildman–Crippen LogP) is 4.76. The van der Waals surface area contributed by atoms with Gasteiger partial charge in [-0.1, -0.05) is 48.0 Å². The molecule has 0 fully saturated rings. The highest BCUT2D eigenvalue weighted by Crippen LogP contribution is 2.17. The standard InChI is InChI=1S/C24H18N2O3/c1-17-7-11-21(12-8-17)26-23(27)20(16-25)15-18-9-13-22(14-10-18)29-24(28)19-5-3-2-4-6-19/h2-15H,1H3,(H,26,27)/b20-15+. The van der Waals surface area contributed by atoms with Crippen molar-refractivity contribution < 1.29 is 14.3 Å². The number of carbonyl (C=O) groups is 2. The summed E-state index contributed by atoms with van der Waals surface area (Å²) < 4.78 is 5.32. The average Bonchev–Trinajstić information content (AvgIpc) is 2.75. The maximum absolute atomic E-state index is 12.3. The van der Waals surface area contributed by atoms with E-state index in [4.69, 9.17) is 4.74 Å². The molecule has 5 nitrogen and oxygen atoms in total. The quantitative estimate of drug-likeness (QED) is 0.299. The van der Waals surface area contributed by atoms with E-state index in [0.29, 0.717) is 22.6 Å². The van der Waals surface area contributed by atoms with Crippen LogP contribution in [0, 0.1) is 18.3 Å². The molecule has 1 N–H and O–H groups in total. The average molecular weight is 382 g/mol. The Kier molecular flexibility index (Phi) is 6.18. The van der Waals surface area contributed by atoms with E-state index in [9.17, 15) is 14.9 Å². The maximum atomic E-state index is 12.3.